The van der Waals surface area contributed by atoms with Crippen molar-refractivity contribution in [3.63, 3.8) is 0 Å². The van der Waals surface area contributed by atoms with Crippen molar-refractivity contribution in [2.24, 2.45) is 0 Å². The van der Waals surface area contributed by atoms with Crippen molar-refractivity contribution >= 4 is 48.6 Å². The number of nitrogens with zero attached hydrogens (tertiary/aromatic N) is 1. The molecule has 3 nitrogen and oxygen atoms in total. The Hall–Kier alpha value is -0.940. The van der Waals surface area contributed by atoms with Gasteiger partial charge in [-0.1, -0.05) is 31.9 Å². The number of carbonyl (C=O) groups is 1. The summed E-state index contributed by atoms with van der Waals surface area (Å²) >= 11 is 6.68. The van der Waals surface area contributed by atoms with Crippen molar-refractivity contribution in [3.8, 4) is 0 Å². The second kappa shape index (κ2) is 3.90. The smallest absolute Gasteiger partial charge is 0.355 e. The lowest BCUT2D eigenvalue weighted by Gasteiger charge is -2.04. The zero-order valence-corrected chi connectivity index (χ0v) is 10.5. The highest BCUT2D eigenvalue weighted by Gasteiger charge is 2.12. The summed E-state index contributed by atoms with van der Waals surface area (Å²) in [6.07, 6.45) is 1.49. The fourth-order valence-electron chi connectivity index (χ4n) is 1.39. The highest BCUT2D eigenvalue weighted by atomic mass is 79.9. The molecule has 1 heterocycles. The first-order valence-corrected chi connectivity index (χ1v) is 5.65. The topological polar surface area (TPSA) is 50.2 Å². The normalized spacial score (nSPS) is 10.5. The van der Waals surface area contributed by atoms with Gasteiger partial charge in [0.25, 0.3) is 0 Å². The number of benzene rings is 1. The number of halogens is 2. The maximum atomic E-state index is 11.0. The van der Waals surface area contributed by atoms with Crippen LogP contribution in [0.5, 0.6) is 0 Å². The molecule has 0 fully saturated rings. The summed E-state index contributed by atoms with van der Waals surface area (Å²) in [5.41, 5.74) is 0.0619. The molecule has 0 saturated heterocycles. The summed E-state index contributed by atoms with van der Waals surface area (Å²) in [6.45, 7) is 0. The molecule has 1 N–H and O–H groups in total. The van der Waals surface area contributed by atoms with Gasteiger partial charge in [0, 0.05) is 20.5 Å². The molecule has 0 saturated carbocycles. The molecule has 0 aliphatic carbocycles. The third-order valence-corrected chi connectivity index (χ3v) is 3.07. The number of carboxylic acid groups (broad SMARTS) is 1. The first kappa shape index (κ1) is 10.6. The van der Waals surface area contributed by atoms with Crippen molar-refractivity contribution in [1.82, 2.24) is 4.98 Å². The zero-order valence-electron chi connectivity index (χ0n) is 7.37. The number of aromatic nitrogens is 1. The van der Waals surface area contributed by atoms with Crippen molar-refractivity contribution in [2.45, 2.75) is 0 Å². The number of rotatable bonds is 1. The Morgan fingerprint density at radius 2 is 2.07 bits per heavy atom. The highest BCUT2D eigenvalue weighted by Crippen LogP contribution is 2.30. The van der Waals surface area contributed by atoms with Crippen LogP contribution < -0.4 is 0 Å². The third-order valence-electron chi connectivity index (χ3n) is 1.98. The van der Waals surface area contributed by atoms with Gasteiger partial charge in [-0.3, -0.25) is 0 Å². The summed E-state index contributed by atoms with van der Waals surface area (Å²) in [4.78, 5) is 14.8. The van der Waals surface area contributed by atoms with Crippen molar-refractivity contribution in [3.05, 3.63) is 39.0 Å². The van der Waals surface area contributed by atoms with Gasteiger partial charge >= 0.3 is 5.97 Å². The fourth-order valence-corrected chi connectivity index (χ4v) is 2.84. The predicted octanol–water partition coefficient (Wildman–Crippen LogP) is 3.46. The van der Waals surface area contributed by atoms with Crippen LogP contribution in [0.1, 0.15) is 10.5 Å². The van der Waals surface area contributed by atoms with E-state index in [9.17, 15) is 4.79 Å². The average Bonchev–Trinajstić information content (AvgIpc) is 2.16. The number of aromatic carboxylic acids is 1. The van der Waals surface area contributed by atoms with Crippen molar-refractivity contribution < 1.29 is 9.90 Å². The number of carboxylic acids is 1. The van der Waals surface area contributed by atoms with E-state index in [1.165, 1.54) is 6.20 Å². The summed E-state index contributed by atoms with van der Waals surface area (Å²) in [7, 11) is 0. The second-order valence-electron chi connectivity index (χ2n) is 2.95. The number of pyridine rings is 1. The van der Waals surface area contributed by atoms with Crippen LogP contribution in [0.3, 0.4) is 0 Å². The molecule has 1 aromatic carbocycles. The molecule has 0 amide bonds. The Balaban J connectivity index is 2.91. The van der Waals surface area contributed by atoms with Gasteiger partial charge in [-0.2, -0.15) is 0 Å². The van der Waals surface area contributed by atoms with Gasteiger partial charge in [-0.05, 0) is 23.6 Å². The van der Waals surface area contributed by atoms with Gasteiger partial charge in [0.05, 0.1) is 0 Å². The Kier molecular flexibility index (Phi) is 2.75. The minimum atomic E-state index is -1.02. The molecule has 2 rings (SSSR count). The molecule has 5 heteroatoms. The predicted molar refractivity (Wildman–Crippen MR) is 64.1 cm³/mol. The van der Waals surface area contributed by atoms with Crippen LogP contribution in [0.4, 0.5) is 0 Å². The molecular formula is C10H5Br2NO2. The summed E-state index contributed by atoms with van der Waals surface area (Å²) < 4.78 is 1.61. The van der Waals surface area contributed by atoms with Gasteiger partial charge in [0.15, 0.2) is 5.69 Å². The maximum absolute atomic E-state index is 11.0. The van der Waals surface area contributed by atoms with Gasteiger partial charge < -0.3 is 5.11 Å². The van der Waals surface area contributed by atoms with Gasteiger partial charge in [-0.15, -0.1) is 0 Å². The lowest BCUT2D eigenvalue weighted by molar-refractivity contribution is 0.0693. The standard InChI is InChI=1S/C10H5Br2NO2/c11-6-3-5-1-2-13-9(10(14)15)8(5)7(12)4-6/h1-4H,(H,14,15). The Bertz CT molecular complexity index is 554. The van der Waals surface area contributed by atoms with Crippen molar-refractivity contribution in [2.75, 3.05) is 0 Å². The van der Waals surface area contributed by atoms with Crippen LogP contribution >= 0.6 is 31.9 Å². The van der Waals surface area contributed by atoms with Crippen LogP contribution in [0.15, 0.2) is 33.3 Å². The van der Waals surface area contributed by atoms with E-state index in [4.69, 9.17) is 5.11 Å². The summed E-state index contributed by atoms with van der Waals surface area (Å²) in [6, 6.07) is 5.43. The Morgan fingerprint density at radius 3 is 2.73 bits per heavy atom. The number of hydrogen-bond acceptors (Lipinski definition) is 2. The van der Waals surface area contributed by atoms with Gasteiger partial charge in [0.2, 0.25) is 0 Å². The Morgan fingerprint density at radius 1 is 1.33 bits per heavy atom. The summed E-state index contributed by atoms with van der Waals surface area (Å²) in [5.74, 6) is -1.02. The van der Waals surface area contributed by atoms with E-state index in [0.29, 0.717) is 5.39 Å². The van der Waals surface area contributed by atoms with E-state index < -0.39 is 5.97 Å². The van der Waals surface area contributed by atoms with E-state index in [1.807, 2.05) is 6.07 Å². The van der Waals surface area contributed by atoms with Crippen LogP contribution in [-0.2, 0) is 0 Å². The molecule has 0 aliphatic heterocycles. The molecule has 0 bridgehead atoms. The van der Waals surface area contributed by atoms with E-state index in [2.05, 4.69) is 36.8 Å². The van der Waals surface area contributed by atoms with Crippen LogP contribution in [0.25, 0.3) is 10.8 Å². The molecule has 76 valence electrons. The van der Waals surface area contributed by atoms with Crippen LogP contribution in [0.2, 0.25) is 0 Å². The number of fused-ring (bicyclic) bond motifs is 1. The molecule has 0 radical (unpaired) electrons. The molecule has 0 aliphatic rings. The largest absolute Gasteiger partial charge is 0.476 e. The van der Waals surface area contributed by atoms with E-state index in [-0.39, 0.29) is 5.69 Å². The first-order valence-electron chi connectivity index (χ1n) is 4.06. The van der Waals surface area contributed by atoms with Gasteiger partial charge in [-0.25, -0.2) is 9.78 Å². The molecule has 0 spiro atoms. The Labute approximate surface area is 102 Å². The monoisotopic (exact) mass is 329 g/mol. The molecular weight excluding hydrogens is 326 g/mol. The molecule has 2 aromatic rings. The van der Waals surface area contributed by atoms with Crippen molar-refractivity contribution in [1.29, 1.82) is 0 Å². The minimum absolute atomic E-state index is 0.0619. The third kappa shape index (κ3) is 1.89. The van der Waals surface area contributed by atoms with E-state index in [1.54, 1.807) is 12.1 Å². The van der Waals surface area contributed by atoms with E-state index in [0.717, 1.165) is 14.3 Å². The zero-order chi connectivity index (χ0) is 11.0. The molecule has 0 atom stereocenters. The molecule has 15 heavy (non-hydrogen) atoms. The van der Waals surface area contributed by atoms with Gasteiger partial charge in [0.1, 0.15) is 0 Å². The van der Waals surface area contributed by atoms with E-state index >= 15 is 0 Å². The first-order chi connectivity index (χ1) is 7.09. The summed E-state index contributed by atoms with van der Waals surface area (Å²) in [5, 5.41) is 10.4. The number of hydrogen-bond donors (Lipinski definition) is 1. The van der Waals surface area contributed by atoms with Crippen LogP contribution in [-0.4, -0.2) is 16.1 Å². The van der Waals surface area contributed by atoms with Crippen LogP contribution in [0, 0.1) is 0 Å². The SMILES string of the molecule is O=C(O)c1nccc2cc(Br)cc(Br)c12. The lowest BCUT2D eigenvalue weighted by Crippen LogP contribution is -2.01. The maximum Gasteiger partial charge on any atom is 0.355 e. The molecule has 1 aromatic heterocycles. The molecule has 0 unspecified atom stereocenters. The fraction of sp³-hybridized carbons (Fsp3) is 0. The quantitative estimate of drug-likeness (QED) is 0.871. The second-order valence-corrected chi connectivity index (χ2v) is 4.72. The minimum Gasteiger partial charge on any atom is -0.476 e. The average molecular weight is 331 g/mol. The lowest BCUT2D eigenvalue weighted by atomic mass is 10.1. The highest BCUT2D eigenvalue weighted by molar-refractivity contribution is 9.11.